The van der Waals surface area contributed by atoms with Crippen molar-refractivity contribution in [1.82, 2.24) is 20.2 Å². The smallest absolute Gasteiger partial charge is 0.358 e. The number of oxime groups is 1. The van der Waals surface area contributed by atoms with E-state index in [1.807, 2.05) is 6.92 Å². The van der Waals surface area contributed by atoms with Crippen LogP contribution in [-0.4, -0.2) is 88.1 Å². The summed E-state index contributed by atoms with van der Waals surface area (Å²) in [4.78, 5) is 80.2. The zero-order valence-electron chi connectivity index (χ0n) is 28.3. The molecule has 0 aliphatic carbocycles. The van der Waals surface area contributed by atoms with Gasteiger partial charge in [-0.25, -0.2) is 14.8 Å². The summed E-state index contributed by atoms with van der Waals surface area (Å²) in [7, 11) is 1.27. The van der Waals surface area contributed by atoms with Crippen molar-refractivity contribution >= 4 is 81.1 Å². The molecule has 1 fully saturated rings. The van der Waals surface area contributed by atoms with Gasteiger partial charge in [0.15, 0.2) is 17.6 Å². The molecular formula is C31H38N6O9S3. The highest BCUT2D eigenvalue weighted by molar-refractivity contribution is 8.00. The normalized spacial score (nSPS) is 18.1. The number of β-lactam (4-membered cyclic amide) rings is 1. The highest BCUT2D eigenvalue weighted by Crippen LogP contribution is 2.41. The number of hydrogen-bond donors (Lipinski definition) is 2. The maximum Gasteiger partial charge on any atom is 0.358 e. The van der Waals surface area contributed by atoms with Gasteiger partial charge in [0.2, 0.25) is 6.79 Å². The fourth-order valence-corrected chi connectivity index (χ4v) is 6.87. The predicted molar refractivity (Wildman–Crippen MR) is 184 cm³/mol. The van der Waals surface area contributed by atoms with Gasteiger partial charge in [-0.2, -0.15) is 0 Å². The lowest BCUT2D eigenvalue weighted by atomic mass is 9.97. The maximum absolute atomic E-state index is 13.6. The van der Waals surface area contributed by atoms with Crippen molar-refractivity contribution in [1.29, 1.82) is 0 Å². The zero-order chi connectivity index (χ0) is 36.1. The molecule has 264 valence electrons. The third kappa shape index (κ3) is 9.04. The van der Waals surface area contributed by atoms with Crippen LogP contribution < -0.4 is 10.6 Å². The summed E-state index contributed by atoms with van der Waals surface area (Å²) in [5.74, 6) is -2.79. The molecule has 4 heterocycles. The van der Waals surface area contributed by atoms with Gasteiger partial charge < -0.3 is 29.7 Å². The van der Waals surface area contributed by atoms with E-state index in [0.717, 1.165) is 21.9 Å². The Labute approximate surface area is 295 Å². The molecule has 18 heteroatoms. The van der Waals surface area contributed by atoms with E-state index in [4.69, 9.17) is 19.0 Å². The monoisotopic (exact) mass is 734 g/mol. The number of aromatic nitrogens is 2. The first-order valence-electron chi connectivity index (χ1n) is 14.9. The Hall–Kier alpha value is -4.29. The maximum atomic E-state index is 13.6. The van der Waals surface area contributed by atoms with Crippen LogP contribution in [0.15, 0.2) is 33.4 Å². The van der Waals surface area contributed by atoms with Crippen LogP contribution in [0.2, 0.25) is 0 Å². The van der Waals surface area contributed by atoms with E-state index < -0.39 is 58.8 Å². The van der Waals surface area contributed by atoms with E-state index in [-0.39, 0.29) is 23.8 Å². The first-order valence-corrected chi connectivity index (χ1v) is 17.7. The van der Waals surface area contributed by atoms with E-state index in [2.05, 4.69) is 25.8 Å². The van der Waals surface area contributed by atoms with Gasteiger partial charge in [-0.3, -0.25) is 24.1 Å². The second-order valence-corrected chi connectivity index (χ2v) is 15.6. The van der Waals surface area contributed by atoms with Gasteiger partial charge in [0.25, 0.3) is 11.8 Å². The number of allylic oxidation sites excluding steroid dienone is 1. The van der Waals surface area contributed by atoms with Gasteiger partial charge in [-0.05, 0) is 60.1 Å². The van der Waals surface area contributed by atoms with Gasteiger partial charge in [-0.15, -0.1) is 34.4 Å². The van der Waals surface area contributed by atoms with Gasteiger partial charge >= 0.3 is 17.9 Å². The molecule has 2 N–H and O–H groups in total. The van der Waals surface area contributed by atoms with Crippen LogP contribution in [-0.2, 0) is 43.0 Å². The number of ether oxygens (including phenoxy) is 3. The van der Waals surface area contributed by atoms with Crippen LogP contribution in [0.3, 0.4) is 0 Å². The lowest BCUT2D eigenvalue weighted by Crippen LogP contribution is -2.71. The number of thiazole rings is 2. The van der Waals surface area contributed by atoms with Gasteiger partial charge in [0, 0.05) is 16.0 Å². The number of hydrogen-bond acceptors (Lipinski definition) is 16. The van der Waals surface area contributed by atoms with Crippen LogP contribution in [0, 0.1) is 17.8 Å². The highest BCUT2D eigenvalue weighted by atomic mass is 32.2. The average Bonchev–Trinajstić information content (AvgIpc) is 3.68. The standard InChI is InChI=1S/C31H38N6O9S3/c1-16-19(49-14-33-16)10-9-17-11-47-25-21(24(39)37(25)22(17)26(40)45-15-46-28(42)31(5,6)7)35-23(38)20(36-43-8)18-12-48-29(34-18)32-13-44-27(41)30(2,3)4/h9-10,12,14,21,25H,11,13,15H2,1-8H3,(H,32,34)(H,35,38)/b10-9-,36-20-/t21-,25-/m1/s1. The molecule has 2 aliphatic heterocycles. The Morgan fingerprint density at radius 1 is 1.04 bits per heavy atom. The fourth-order valence-electron chi connectivity index (χ4n) is 4.18. The minimum atomic E-state index is -1.01. The van der Waals surface area contributed by atoms with Gasteiger partial charge in [0.05, 0.1) is 22.0 Å². The van der Waals surface area contributed by atoms with Crippen molar-refractivity contribution in [2.45, 2.75) is 59.9 Å². The number of nitrogens with zero attached hydrogens (tertiary/aromatic N) is 4. The van der Waals surface area contributed by atoms with Crippen molar-refractivity contribution in [2.24, 2.45) is 16.0 Å². The molecule has 0 aromatic carbocycles. The molecule has 0 saturated carbocycles. The molecule has 2 amide bonds. The molecule has 2 aromatic heterocycles. The molecule has 0 bridgehead atoms. The lowest BCUT2D eigenvalue weighted by Gasteiger charge is -2.49. The number of amides is 2. The second-order valence-electron chi connectivity index (χ2n) is 12.8. The molecule has 2 atom stereocenters. The van der Waals surface area contributed by atoms with Gasteiger partial charge in [0.1, 0.15) is 29.9 Å². The van der Waals surface area contributed by atoms with E-state index in [9.17, 15) is 24.0 Å². The Morgan fingerprint density at radius 2 is 1.73 bits per heavy atom. The summed E-state index contributed by atoms with van der Waals surface area (Å²) in [6.07, 6.45) is 3.53. The Morgan fingerprint density at radius 3 is 2.37 bits per heavy atom. The Balaban J connectivity index is 1.48. The van der Waals surface area contributed by atoms with E-state index >= 15 is 0 Å². The molecule has 2 aliphatic rings. The topological polar surface area (TPSA) is 188 Å². The molecule has 1 saturated heterocycles. The first-order chi connectivity index (χ1) is 23.0. The van der Waals surface area contributed by atoms with Crippen LogP contribution in [0.4, 0.5) is 5.13 Å². The van der Waals surface area contributed by atoms with E-state index in [1.165, 1.54) is 35.1 Å². The summed E-state index contributed by atoms with van der Waals surface area (Å²) >= 11 is 3.92. The number of anilines is 1. The van der Waals surface area contributed by atoms with Gasteiger partial charge in [-0.1, -0.05) is 11.2 Å². The third-order valence-corrected chi connectivity index (χ3v) is 9.87. The van der Waals surface area contributed by atoms with Crippen molar-refractivity contribution in [2.75, 3.05) is 31.7 Å². The molecular weight excluding hydrogens is 697 g/mol. The van der Waals surface area contributed by atoms with Crippen molar-refractivity contribution < 1.29 is 43.0 Å². The molecule has 2 aromatic rings. The quantitative estimate of drug-likeness (QED) is 0.106. The molecule has 0 radical (unpaired) electrons. The Bertz CT molecular complexity index is 1700. The fraction of sp³-hybridized carbons (Fsp3) is 0.484. The molecule has 0 unspecified atom stereocenters. The zero-order valence-corrected chi connectivity index (χ0v) is 30.7. The number of aryl methyl sites for hydroxylation is 1. The number of thioether (sulfide) groups is 1. The number of rotatable bonds is 12. The summed E-state index contributed by atoms with van der Waals surface area (Å²) in [6.45, 7) is 11.3. The molecule has 4 rings (SSSR count). The van der Waals surface area contributed by atoms with E-state index in [1.54, 1.807) is 64.6 Å². The number of esters is 3. The Kier molecular flexibility index (Phi) is 11.9. The SMILES string of the molecule is CO/N=C(\C(=O)N[C@@H]1C(=O)N2C(C(=O)OCOC(=O)C(C)(C)C)=C(/C=C\c3scnc3C)CS[C@H]12)c1csc(NCOC(=O)C(C)(C)C)n1. The summed E-state index contributed by atoms with van der Waals surface area (Å²) in [6, 6.07) is -1.01. The van der Waals surface area contributed by atoms with Crippen molar-refractivity contribution in [3.63, 3.8) is 0 Å². The summed E-state index contributed by atoms with van der Waals surface area (Å²) in [5.41, 5.74) is 1.50. The summed E-state index contributed by atoms with van der Waals surface area (Å²) in [5, 5.41) is 10.7. The van der Waals surface area contributed by atoms with Crippen LogP contribution in [0.25, 0.3) is 6.08 Å². The van der Waals surface area contributed by atoms with Crippen LogP contribution >= 0.6 is 34.4 Å². The first kappa shape index (κ1) is 37.5. The lowest BCUT2D eigenvalue weighted by molar-refractivity contribution is -0.173. The second kappa shape index (κ2) is 15.5. The molecule has 0 spiro atoms. The van der Waals surface area contributed by atoms with Crippen molar-refractivity contribution in [3.05, 3.63) is 44.5 Å². The third-order valence-electron chi connectivity index (χ3n) is 6.87. The predicted octanol–water partition coefficient (Wildman–Crippen LogP) is 3.67. The minimum Gasteiger partial charge on any atom is -0.444 e. The van der Waals surface area contributed by atoms with E-state index in [0.29, 0.717) is 16.5 Å². The summed E-state index contributed by atoms with van der Waals surface area (Å²) < 4.78 is 15.6. The largest absolute Gasteiger partial charge is 0.444 e. The number of carbonyl (C=O) groups is 5. The van der Waals surface area contributed by atoms with Crippen LogP contribution in [0.1, 0.15) is 57.8 Å². The number of nitrogens with one attached hydrogen (secondary N) is 2. The molecule has 15 nitrogen and oxygen atoms in total. The van der Waals surface area contributed by atoms with Crippen LogP contribution in [0.5, 0.6) is 0 Å². The minimum absolute atomic E-state index is 0.0161. The van der Waals surface area contributed by atoms with Crippen molar-refractivity contribution in [3.8, 4) is 0 Å². The number of carbonyl (C=O) groups excluding carboxylic acids is 5. The molecule has 49 heavy (non-hydrogen) atoms. The highest BCUT2D eigenvalue weighted by Gasteiger charge is 2.54. The number of fused-ring (bicyclic) bond motifs is 1. The average molecular weight is 735 g/mol.